The summed E-state index contributed by atoms with van der Waals surface area (Å²) in [6.45, 7) is 0. The molecule has 100 valence electrons. The molecule has 0 fully saturated rings. The van der Waals surface area contributed by atoms with E-state index in [1.54, 1.807) is 0 Å². The highest BCUT2D eigenvalue weighted by molar-refractivity contribution is 6.35. The molecule has 0 radical (unpaired) electrons. The largest absolute Gasteiger partial charge is 0.490 e. The summed E-state index contributed by atoms with van der Waals surface area (Å²) in [4.78, 5) is 7.75. The topological polar surface area (TPSA) is 47.0 Å². The van der Waals surface area contributed by atoms with Crippen molar-refractivity contribution in [3.63, 3.8) is 0 Å². The highest BCUT2D eigenvalue weighted by Gasteiger charge is 2.13. The molecule has 1 aromatic carbocycles. The molecule has 4 nitrogen and oxygen atoms in total. The standard InChI is InChI=1S/C11H7Cl3FN3O/c1-19-9-10(14)16-4-17-11(9)18-5-2-6(12)8(15)7(13)3-5/h2-4H,1H3,(H,16,17,18). The lowest BCUT2D eigenvalue weighted by Gasteiger charge is -2.11. The monoisotopic (exact) mass is 321 g/mol. The smallest absolute Gasteiger partial charge is 0.199 e. The van der Waals surface area contributed by atoms with Gasteiger partial charge in [0.15, 0.2) is 22.5 Å². The first-order chi connectivity index (χ1) is 9.02. The Kier molecular flexibility index (Phi) is 4.29. The summed E-state index contributed by atoms with van der Waals surface area (Å²) in [6, 6.07) is 2.75. The fourth-order valence-corrected chi connectivity index (χ4v) is 2.08. The number of benzene rings is 1. The number of rotatable bonds is 3. The maximum absolute atomic E-state index is 13.3. The SMILES string of the molecule is COc1c(Cl)ncnc1Nc1cc(Cl)c(F)c(Cl)c1. The minimum atomic E-state index is -0.679. The number of nitrogens with one attached hydrogen (secondary N) is 1. The molecular weight excluding hydrogens is 315 g/mol. The van der Waals surface area contributed by atoms with Crippen LogP contribution in [0.4, 0.5) is 15.9 Å². The Hall–Kier alpha value is -1.30. The van der Waals surface area contributed by atoms with E-state index in [4.69, 9.17) is 39.5 Å². The molecule has 0 spiro atoms. The number of methoxy groups -OCH3 is 1. The predicted molar refractivity (Wildman–Crippen MR) is 73.3 cm³/mol. The molecule has 0 amide bonds. The summed E-state index contributed by atoms with van der Waals surface area (Å²) in [6.07, 6.45) is 1.26. The summed E-state index contributed by atoms with van der Waals surface area (Å²) in [5.41, 5.74) is 0.449. The third kappa shape index (κ3) is 3.00. The van der Waals surface area contributed by atoms with Gasteiger partial charge in [0.2, 0.25) is 0 Å². The van der Waals surface area contributed by atoms with Crippen LogP contribution in [0.1, 0.15) is 0 Å². The lowest BCUT2D eigenvalue weighted by atomic mass is 10.3. The lowest BCUT2D eigenvalue weighted by Crippen LogP contribution is -1.99. The van der Waals surface area contributed by atoms with Gasteiger partial charge in [-0.3, -0.25) is 0 Å². The molecule has 2 aromatic rings. The van der Waals surface area contributed by atoms with Crippen molar-refractivity contribution in [2.75, 3.05) is 12.4 Å². The number of halogens is 4. The van der Waals surface area contributed by atoms with Crippen molar-refractivity contribution in [1.82, 2.24) is 9.97 Å². The summed E-state index contributed by atoms with van der Waals surface area (Å²) < 4.78 is 18.4. The predicted octanol–water partition coefficient (Wildman–Crippen LogP) is 4.33. The molecule has 0 bridgehead atoms. The van der Waals surface area contributed by atoms with Crippen LogP contribution < -0.4 is 10.1 Å². The molecule has 1 N–H and O–H groups in total. The quantitative estimate of drug-likeness (QED) is 0.675. The molecule has 0 atom stereocenters. The maximum atomic E-state index is 13.3. The van der Waals surface area contributed by atoms with Crippen molar-refractivity contribution in [3.05, 3.63) is 39.5 Å². The minimum absolute atomic E-state index is 0.103. The Morgan fingerprint density at radius 1 is 1.16 bits per heavy atom. The number of nitrogens with zero attached hydrogens (tertiary/aromatic N) is 2. The first-order valence-electron chi connectivity index (χ1n) is 4.99. The Morgan fingerprint density at radius 2 is 1.79 bits per heavy atom. The van der Waals surface area contributed by atoms with Gasteiger partial charge in [0.25, 0.3) is 0 Å². The van der Waals surface area contributed by atoms with Crippen LogP contribution >= 0.6 is 34.8 Å². The molecule has 1 aromatic heterocycles. The summed E-state index contributed by atoms with van der Waals surface area (Å²) in [7, 11) is 1.43. The molecule has 1 heterocycles. The van der Waals surface area contributed by atoms with E-state index in [1.807, 2.05) is 0 Å². The second-order valence-electron chi connectivity index (χ2n) is 3.43. The lowest BCUT2D eigenvalue weighted by molar-refractivity contribution is 0.413. The van der Waals surface area contributed by atoms with Gasteiger partial charge in [0.1, 0.15) is 6.33 Å². The van der Waals surface area contributed by atoms with Gasteiger partial charge < -0.3 is 10.1 Å². The summed E-state index contributed by atoms with van der Waals surface area (Å²) in [5.74, 6) is -0.0939. The number of aromatic nitrogens is 2. The molecule has 0 aliphatic heterocycles. The average molecular weight is 323 g/mol. The van der Waals surface area contributed by atoms with Gasteiger partial charge in [-0.15, -0.1) is 0 Å². The Bertz CT molecular complexity index is 601. The van der Waals surface area contributed by atoms with Gasteiger partial charge in [-0.2, -0.15) is 0 Å². The molecule has 0 saturated carbocycles. The molecule has 19 heavy (non-hydrogen) atoms. The van der Waals surface area contributed by atoms with Crippen LogP contribution in [0.25, 0.3) is 0 Å². The number of hydrogen-bond donors (Lipinski definition) is 1. The fraction of sp³-hybridized carbons (Fsp3) is 0.0909. The second-order valence-corrected chi connectivity index (χ2v) is 4.60. The molecule has 0 unspecified atom stereocenters. The Labute approximate surface area is 123 Å². The van der Waals surface area contributed by atoms with Crippen molar-refractivity contribution in [1.29, 1.82) is 0 Å². The molecule has 2 rings (SSSR count). The average Bonchev–Trinajstić information content (AvgIpc) is 2.36. The van der Waals surface area contributed by atoms with Gasteiger partial charge in [-0.1, -0.05) is 34.8 Å². The van der Waals surface area contributed by atoms with Crippen LogP contribution in [0, 0.1) is 5.82 Å². The van der Waals surface area contributed by atoms with E-state index in [-0.39, 0.29) is 20.9 Å². The van der Waals surface area contributed by atoms with E-state index in [0.29, 0.717) is 11.5 Å². The van der Waals surface area contributed by atoms with E-state index < -0.39 is 5.82 Å². The van der Waals surface area contributed by atoms with E-state index in [1.165, 1.54) is 25.6 Å². The van der Waals surface area contributed by atoms with Crippen LogP contribution in [-0.2, 0) is 0 Å². The fourth-order valence-electron chi connectivity index (χ4n) is 1.39. The van der Waals surface area contributed by atoms with Crippen molar-refractivity contribution >= 4 is 46.3 Å². The Balaban J connectivity index is 2.39. The van der Waals surface area contributed by atoms with Gasteiger partial charge >= 0.3 is 0 Å². The van der Waals surface area contributed by atoms with E-state index in [0.717, 1.165) is 0 Å². The van der Waals surface area contributed by atoms with E-state index >= 15 is 0 Å². The third-order valence-electron chi connectivity index (χ3n) is 2.21. The minimum Gasteiger partial charge on any atom is -0.490 e. The van der Waals surface area contributed by atoms with Crippen molar-refractivity contribution < 1.29 is 9.13 Å². The maximum Gasteiger partial charge on any atom is 0.199 e. The molecule has 0 saturated heterocycles. The molecular formula is C11H7Cl3FN3O. The molecule has 8 heteroatoms. The van der Waals surface area contributed by atoms with Gasteiger partial charge in [0, 0.05) is 5.69 Å². The van der Waals surface area contributed by atoms with Gasteiger partial charge in [0.05, 0.1) is 17.2 Å². The van der Waals surface area contributed by atoms with Crippen LogP contribution in [0.5, 0.6) is 5.75 Å². The third-order valence-corrected chi connectivity index (χ3v) is 3.03. The normalized spacial score (nSPS) is 10.4. The first kappa shape index (κ1) is 14.1. The van der Waals surface area contributed by atoms with E-state index in [2.05, 4.69) is 15.3 Å². The van der Waals surface area contributed by atoms with Crippen molar-refractivity contribution in [3.8, 4) is 5.75 Å². The van der Waals surface area contributed by atoms with Gasteiger partial charge in [-0.05, 0) is 12.1 Å². The molecule has 0 aliphatic carbocycles. The van der Waals surface area contributed by atoms with Gasteiger partial charge in [-0.25, -0.2) is 14.4 Å². The highest BCUT2D eigenvalue weighted by atomic mass is 35.5. The highest BCUT2D eigenvalue weighted by Crippen LogP contribution is 2.33. The second kappa shape index (κ2) is 5.77. The van der Waals surface area contributed by atoms with Crippen LogP contribution in [-0.4, -0.2) is 17.1 Å². The number of ether oxygens (including phenoxy) is 1. The van der Waals surface area contributed by atoms with Crippen LogP contribution in [0.3, 0.4) is 0 Å². The van der Waals surface area contributed by atoms with Crippen molar-refractivity contribution in [2.45, 2.75) is 0 Å². The number of anilines is 2. The zero-order valence-electron chi connectivity index (χ0n) is 9.55. The number of hydrogen-bond acceptors (Lipinski definition) is 4. The summed E-state index contributed by atoms with van der Waals surface area (Å²) in [5, 5.41) is 2.82. The zero-order chi connectivity index (χ0) is 14.0. The Morgan fingerprint density at radius 3 is 2.37 bits per heavy atom. The zero-order valence-corrected chi connectivity index (χ0v) is 11.8. The van der Waals surface area contributed by atoms with Crippen LogP contribution in [0.15, 0.2) is 18.5 Å². The van der Waals surface area contributed by atoms with Crippen molar-refractivity contribution in [2.24, 2.45) is 0 Å². The first-order valence-corrected chi connectivity index (χ1v) is 6.12. The van der Waals surface area contributed by atoms with E-state index in [9.17, 15) is 4.39 Å². The summed E-state index contributed by atoms with van der Waals surface area (Å²) >= 11 is 17.3. The van der Waals surface area contributed by atoms with Crippen LogP contribution in [0.2, 0.25) is 15.2 Å². The molecule has 0 aliphatic rings.